The van der Waals surface area contributed by atoms with E-state index in [-0.39, 0.29) is 11.6 Å². The molecule has 1 aromatic rings. The summed E-state index contributed by atoms with van der Waals surface area (Å²) in [5.74, 6) is 0.0988. The van der Waals surface area contributed by atoms with Gasteiger partial charge < -0.3 is 10.2 Å². The largest absolute Gasteiger partial charge is 0.379 e. The molecule has 7 nitrogen and oxygen atoms in total. The molecule has 0 spiro atoms. The second-order valence-corrected chi connectivity index (χ2v) is 4.41. The van der Waals surface area contributed by atoms with E-state index in [1.807, 2.05) is 4.90 Å². The van der Waals surface area contributed by atoms with Crippen molar-refractivity contribution >= 4 is 17.3 Å². The standard InChI is InChI=1S/C12H16N4O3/c17-12(15-7-1-2-8-15)4-6-14-10-3-5-13-9-11(10)16(18)19/h3,5,9H,1-2,4,6-8H2,(H,13,14). The second kappa shape index (κ2) is 6.12. The Hall–Kier alpha value is -2.18. The number of anilines is 1. The Bertz CT molecular complexity index is 472. The van der Waals surface area contributed by atoms with Crippen molar-refractivity contribution in [1.29, 1.82) is 0 Å². The first kappa shape index (κ1) is 13.3. The Morgan fingerprint density at radius 1 is 1.47 bits per heavy atom. The van der Waals surface area contributed by atoms with Crippen LogP contribution in [0.1, 0.15) is 19.3 Å². The molecule has 7 heteroatoms. The van der Waals surface area contributed by atoms with E-state index in [2.05, 4.69) is 10.3 Å². The first-order valence-electron chi connectivity index (χ1n) is 6.28. The summed E-state index contributed by atoms with van der Waals surface area (Å²) >= 11 is 0. The SMILES string of the molecule is O=C(CCNc1ccncc1[N+](=O)[O-])N1CCCC1. The van der Waals surface area contributed by atoms with E-state index < -0.39 is 4.92 Å². The highest BCUT2D eigenvalue weighted by molar-refractivity contribution is 5.77. The average Bonchev–Trinajstić information content (AvgIpc) is 2.93. The summed E-state index contributed by atoms with van der Waals surface area (Å²) in [6.45, 7) is 2.04. The number of amides is 1. The van der Waals surface area contributed by atoms with Gasteiger partial charge in [0.25, 0.3) is 0 Å². The highest BCUT2D eigenvalue weighted by atomic mass is 16.6. The summed E-state index contributed by atoms with van der Waals surface area (Å²) in [6, 6.07) is 1.54. The van der Waals surface area contributed by atoms with Crippen molar-refractivity contribution in [3.63, 3.8) is 0 Å². The van der Waals surface area contributed by atoms with Crippen LogP contribution in [0, 0.1) is 10.1 Å². The molecule has 1 amide bonds. The summed E-state index contributed by atoms with van der Waals surface area (Å²) in [7, 11) is 0. The molecule has 19 heavy (non-hydrogen) atoms. The number of aromatic nitrogens is 1. The molecule has 0 aromatic carbocycles. The number of carbonyl (C=O) groups is 1. The van der Waals surface area contributed by atoms with Crippen LogP contribution in [-0.4, -0.2) is 40.3 Å². The van der Waals surface area contributed by atoms with Crippen molar-refractivity contribution < 1.29 is 9.72 Å². The van der Waals surface area contributed by atoms with E-state index in [1.54, 1.807) is 6.07 Å². The minimum atomic E-state index is -0.488. The molecule has 0 saturated carbocycles. The molecule has 0 unspecified atom stereocenters. The lowest BCUT2D eigenvalue weighted by molar-refractivity contribution is -0.384. The molecule has 1 aliphatic rings. The predicted molar refractivity (Wildman–Crippen MR) is 69.8 cm³/mol. The van der Waals surface area contributed by atoms with Gasteiger partial charge in [0.05, 0.1) is 4.92 Å². The molecule has 0 bridgehead atoms. The first-order valence-corrected chi connectivity index (χ1v) is 6.28. The summed E-state index contributed by atoms with van der Waals surface area (Å²) in [6.07, 6.45) is 5.16. The number of nitrogens with one attached hydrogen (secondary N) is 1. The van der Waals surface area contributed by atoms with Crippen molar-refractivity contribution in [2.24, 2.45) is 0 Å². The van der Waals surface area contributed by atoms with Gasteiger partial charge in [0.15, 0.2) is 0 Å². The zero-order valence-corrected chi connectivity index (χ0v) is 10.5. The maximum atomic E-state index is 11.8. The molecule has 1 saturated heterocycles. The third-order valence-electron chi connectivity index (χ3n) is 3.11. The van der Waals surface area contributed by atoms with Gasteiger partial charge in [-0.1, -0.05) is 0 Å². The van der Waals surface area contributed by atoms with Crippen LogP contribution in [0.25, 0.3) is 0 Å². The van der Waals surface area contributed by atoms with Crippen LogP contribution in [-0.2, 0) is 4.79 Å². The molecule has 2 heterocycles. The van der Waals surface area contributed by atoms with Crippen LogP contribution >= 0.6 is 0 Å². The summed E-state index contributed by atoms with van der Waals surface area (Å²) < 4.78 is 0. The van der Waals surface area contributed by atoms with Gasteiger partial charge in [0.1, 0.15) is 11.9 Å². The van der Waals surface area contributed by atoms with Gasteiger partial charge in [-0.05, 0) is 18.9 Å². The Balaban J connectivity index is 1.85. The van der Waals surface area contributed by atoms with E-state index in [0.29, 0.717) is 18.7 Å². The van der Waals surface area contributed by atoms with Gasteiger partial charge in [0.2, 0.25) is 5.91 Å². The fraction of sp³-hybridized carbons (Fsp3) is 0.500. The van der Waals surface area contributed by atoms with Gasteiger partial charge in [-0.3, -0.25) is 19.9 Å². The minimum Gasteiger partial charge on any atom is -0.379 e. The lowest BCUT2D eigenvalue weighted by atomic mass is 10.3. The second-order valence-electron chi connectivity index (χ2n) is 4.41. The number of hydrogen-bond acceptors (Lipinski definition) is 5. The topological polar surface area (TPSA) is 88.4 Å². The number of likely N-dealkylation sites (tertiary alicyclic amines) is 1. The Labute approximate surface area is 110 Å². The van der Waals surface area contributed by atoms with E-state index >= 15 is 0 Å². The molecule has 1 aliphatic heterocycles. The zero-order chi connectivity index (χ0) is 13.7. The van der Waals surface area contributed by atoms with Crippen molar-refractivity contribution in [2.45, 2.75) is 19.3 Å². The van der Waals surface area contributed by atoms with Gasteiger partial charge in [0, 0.05) is 32.3 Å². The monoisotopic (exact) mass is 264 g/mol. The third kappa shape index (κ3) is 3.40. The number of carbonyl (C=O) groups excluding carboxylic acids is 1. The van der Waals surface area contributed by atoms with E-state index in [0.717, 1.165) is 25.9 Å². The molecule has 1 N–H and O–H groups in total. The molecule has 1 fully saturated rings. The molecule has 0 aliphatic carbocycles. The van der Waals surface area contributed by atoms with E-state index in [1.165, 1.54) is 12.4 Å². The van der Waals surface area contributed by atoms with Crippen molar-refractivity contribution in [2.75, 3.05) is 25.0 Å². The lowest BCUT2D eigenvalue weighted by Crippen LogP contribution is -2.29. The molecule has 102 valence electrons. The predicted octanol–water partition coefficient (Wildman–Crippen LogP) is 1.41. The summed E-state index contributed by atoms with van der Waals surface area (Å²) in [4.78, 5) is 27.6. The number of nitrogens with zero attached hydrogens (tertiary/aromatic N) is 3. The zero-order valence-electron chi connectivity index (χ0n) is 10.5. The number of hydrogen-bond donors (Lipinski definition) is 1. The van der Waals surface area contributed by atoms with Crippen LogP contribution in [0.5, 0.6) is 0 Å². The lowest BCUT2D eigenvalue weighted by Gasteiger charge is -2.15. The Kier molecular flexibility index (Phi) is 4.27. The van der Waals surface area contributed by atoms with Crippen molar-refractivity contribution in [3.05, 3.63) is 28.6 Å². The van der Waals surface area contributed by atoms with Gasteiger partial charge in [-0.15, -0.1) is 0 Å². The molecule has 2 rings (SSSR count). The van der Waals surface area contributed by atoms with Gasteiger partial charge >= 0.3 is 5.69 Å². The number of nitro groups is 1. The van der Waals surface area contributed by atoms with Crippen LogP contribution in [0.4, 0.5) is 11.4 Å². The molecular formula is C12H16N4O3. The maximum Gasteiger partial charge on any atom is 0.310 e. The van der Waals surface area contributed by atoms with Gasteiger partial charge in [-0.25, -0.2) is 0 Å². The quantitative estimate of drug-likeness (QED) is 0.641. The van der Waals surface area contributed by atoms with Gasteiger partial charge in [-0.2, -0.15) is 0 Å². The number of rotatable bonds is 5. The highest BCUT2D eigenvalue weighted by Crippen LogP contribution is 2.21. The summed E-state index contributed by atoms with van der Waals surface area (Å²) in [5, 5.41) is 13.7. The van der Waals surface area contributed by atoms with Crippen LogP contribution in [0.3, 0.4) is 0 Å². The third-order valence-corrected chi connectivity index (χ3v) is 3.11. The number of pyridine rings is 1. The first-order chi connectivity index (χ1) is 9.18. The van der Waals surface area contributed by atoms with Crippen LogP contribution in [0.15, 0.2) is 18.5 Å². The maximum absolute atomic E-state index is 11.8. The molecule has 0 atom stereocenters. The molecule has 0 radical (unpaired) electrons. The van der Waals surface area contributed by atoms with E-state index in [4.69, 9.17) is 0 Å². The molecule has 1 aromatic heterocycles. The highest BCUT2D eigenvalue weighted by Gasteiger charge is 2.18. The Morgan fingerprint density at radius 3 is 2.89 bits per heavy atom. The average molecular weight is 264 g/mol. The van der Waals surface area contributed by atoms with Crippen molar-refractivity contribution in [3.8, 4) is 0 Å². The molecular weight excluding hydrogens is 248 g/mol. The summed E-state index contributed by atoms with van der Waals surface area (Å²) in [5.41, 5.74) is 0.324. The smallest absolute Gasteiger partial charge is 0.310 e. The van der Waals surface area contributed by atoms with Crippen LogP contribution in [0.2, 0.25) is 0 Å². The van der Waals surface area contributed by atoms with E-state index in [9.17, 15) is 14.9 Å². The minimum absolute atomic E-state index is 0.0730. The normalized spacial score (nSPS) is 14.4. The van der Waals surface area contributed by atoms with Crippen LogP contribution < -0.4 is 5.32 Å². The fourth-order valence-electron chi connectivity index (χ4n) is 2.11. The van der Waals surface area contributed by atoms with Crippen molar-refractivity contribution in [1.82, 2.24) is 9.88 Å². The Morgan fingerprint density at radius 2 is 2.21 bits per heavy atom. The fourth-order valence-corrected chi connectivity index (χ4v) is 2.11.